The number of alkyl halides is 6. The lowest BCUT2D eigenvalue weighted by Gasteiger charge is -2.36. The van der Waals surface area contributed by atoms with Crippen molar-refractivity contribution >= 4 is 39.7 Å². The van der Waals surface area contributed by atoms with Crippen LogP contribution in [0.25, 0.3) is 0 Å². The van der Waals surface area contributed by atoms with Crippen LogP contribution in [0.5, 0.6) is 0 Å². The van der Waals surface area contributed by atoms with E-state index >= 15 is 0 Å². The molecule has 3 aromatic rings. The van der Waals surface area contributed by atoms with Crippen LogP contribution in [0, 0.1) is 0 Å². The van der Waals surface area contributed by atoms with Gasteiger partial charge in [0.25, 0.3) is 0 Å². The number of hydrogen-bond donors (Lipinski definition) is 0. The molecule has 1 fully saturated rings. The second-order valence-corrected chi connectivity index (χ2v) is 10.8. The van der Waals surface area contributed by atoms with Gasteiger partial charge in [-0.2, -0.15) is 26.3 Å². The lowest BCUT2D eigenvalue weighted by atomic mass is 9.84. The summed E-state index contributed by atoms with van der Waals surface area (Å²) in [6.45, 7) is -3.40. The second-order valence-electron chi connectivity index (χ2n) is 7.43. The summed E-state index contributed by atoms with van der Waals surface area (Å²) in [7, 11) is 0. The zero-order valence-electron chi connectivity index (χ0n) is 17.2. The van der Waals surface area contributed by atoms with Crippen molar-refractivity contribution in [1.82, 2.24) is 0 Å². The van der Waals surface area contributed by atoms with Crippen molar-refractivity contribution in [1.29, 1.82) is 0 Å². The molecule has 0 aliphatic heterocycles. The Morgan fingerprint density at radius 3 is 1.09 bits per heavy atom. The molecule has 0 bridgehead atoms. The number of Topliss-reactive ketones (excluding diaryl/α,β-unsaturated/α-hetero) is 2. The van der Waals surface area contributed by atoms with Gasteiger partial charge >= 0.3 is 12.4 Å². The molecule has 1 aliphatic carbocycles. The molecule has 0 N–H and O–H groups in total. The SMILES string of the molecule is O=C1C(=C(C(F)(F)F)C(F)(F)F)C(=O)C1=P(c1ccccc1)(c1ccccc1)c1ccccc1. The fraction of sp³-hybridized carbons (Fsp3) is 0.0800. The first-order valence-corrected chi connectivity index (χ1v) is 11.7. The normalized spacial score (nSPS) is 14.8. The van der Waals surface area contributed by atoms with Crippen molar-refractivity contribution in [2.75, 3.05) is 0 Å². The van der Waals surface area contributed by atoms with Crippen LogP contribution in [0.2, 0.25) is 0 Å². The molecular formula is C25H15F6O2P. The smallest absolute Gasteiger partial charge is 0.288 e. The topological polar surface area (TPSA) is 34.1 Å². The van der Waals surface area contributed by atoms with E-state index in [-0.39, 0.29) is 0 Å². The minimum atomic E-state index is -5.92. The van der Waals surface area contributed by atoms with E-state index in [1.165, 1.54) is 0 Å². The van der Waals surface area contributed by atoms with Crippen LogP contribution in [0.4, 0.5) is 26.3 Å². The summed E-state index contributed by atoms with van der Waals surface area (Å²) in [4.78, 5) is 26.4. The molecule has 0 amide bonds. The van der Waals surface area contributed by atoms with Gasteiger partial charge in [-0.05, 0) is 22.8 Å². The van der Waals surface area contributed by atoms with Gasteiger partial charge in [0.05, 0.1) is 10.9 Å². The highest BCUT2D eigenvalue weighted by Crippen LogP contribution is 2.52. The Bertz CT molecular complexity index is 1200. The molecule has 3 aromatic carbocycles. The number of allylic oxidation sites excluding steroid dienone is 2. The molecule has 1 aliphatic rings. The summed E-state index contributed by atoms with van der Waals surface area (Å²) in [5.41, 5.74) is -4.92. The first-order valence-electron chi connectivity index (χ1n) is 9.92. The minimum absolute atomic E-state index is 0.462. The predicted octanol–water partition coefficient (Wildman–Crippen LogP) is 4.73. The summed E-state index contributed by atoms with van der Waals surface area (Å²) < 4.78 is 80.1. The molecule has 1 saturated carbocycles. The highest BCUT2D eigenvalue weighted by atomic mass is 31.2. The molecule has 0 spiro atoms. The second kappa shape index (κ2) is 8.44. The molecule has 0 aromatic heterocycles. The van der Waals surface area contributed by atoms with Gasteiger partial charge < -0.3 is 0 Å². The van der Waals surface area contributed by atoms with Crippen LogP contribution in [0.1, 0.15) is 0 Å². The molecule has 0 atom stereocenters. The number of ketones is 2. The van der Waals surface area contributed by atoms with Gasteiger partial charge in [0.15, 0.2) is 5.57 Å². The third-order valence-electron chi connectivity index (χ3n) is 5.47. The Kier molecular flexibility index (Phi) is 5.90. The summed E-state index contributed by atoms with van der Waals surface area (Å²) in [6, 6.07) is 24.6. The maximum atomic E-state index is 13.3. The Morgan fingerprint density at radius 2 is 0.824 bits per heavy atom. The van der Waals surface area contributed by atoms with E-state index in [9.17, 15) is 35.9 Å². The van der Waals surface area contributed by atoms with Gasteiger partial charge in [0.1, 0.15) is 0 Å². The van der Waals surface area contributed by atoms with Crippen LogP contribution in [0.3, 0.4) is 0 Å². The van der Waals surface area contributed by atoms with E-state index in [1.807, 2.05) is 0 Å². The maximum Gasteiger partial charge on any atom is 0.422 e. The quantitative estimate of drug-likeness (QED) is 0.230. The minimum Gasteiger partial charge on any atom is -0.288 e. The van der Waals surface area contributed by atoms with Crippen molar-refractivity contribution in [3.8, 4) is 0 Å². The van der Waals surface area contributed by atoms with Gasteiger partial charge in [-0.25, -0.2) is 0 Å². The van der Waals surface area contributed by atoms with Crippen molar-refractivity contribution in [3.63, 3.8) is 0 Å². The van der Waals surface area contributed by atoms with Gasteiger partial charge in [0.2, 0.25) is 11.6 Å². The summed E-state index contributed by atoms with van der Waals surface area (Å²) >= 11 is 0. The summed E-state index contributed by atoms with van der Waals surface area (Å²) in [6.07, 6.45) is -11.8. The number of halogens is 6. The molecule has 0 unspecified atom stereocenters. The first kappa shape index (κ1) is 23.8. The van der Waals surface area contributed by atoms with E-state index in [0.29, 0.717) is 15.9 Å². The van der Waals surface area contributed by atoms with E-state index in [0.717, 1.165) is 0 Å². The van der Waals surface area contributed by atoms with Crippen LogP contribution >= 0.6 is 6.89 Å². The molecule has 9 heteroatoms. The first-order chi connectivity index (χ1) is 16.0. The number of hydrogen-bond acceptors (Lipinski definition) is 2. The third kappa shape index (κ3) is 3.72. The lowest BCUT2D eigenvalue weighted by molar-refractivity contribution is -0.174. The van der Waals surface area contributed by atoms with Crippen LogP contribution in [0.15, 0.2) is 102 Å². The Labute approximate surface area is 190 Å². The zero-order chi connectivity index (χ0) is 24.7. The molecule has 174 valence electrons. The van der Waals surface area contributed by atoms with Crippen molar-refractivity contribution in [2.24, 2.45) is 0 Å². The van der Waals surface area contributed by atoms with Crippen molar-refractivity contribution in [3.05, 3.63) is 102 Å². The molecule has 2 nitrogen and oxygen atoms in total. The molecule has 4 rings (SSSR count). The fourth-order valence-corrected chi connectivity index (χ4v) is 8.51. The third-order valence-corrected chi connectivity index (χ3v) is 9.76. The largest absolute Gasteiger partial charge is 0.422 e. The Hall–Kier alpha value is -3.38. The molecular weight excluding hydrogens is 477 g/mol. The van der Waals surface area contributed by atoms with Crippen molar-refractivity contribution in [2.45, 2.75) is 12.4 Å². The van der Waals surface area contributed by atoms with Gasteiger partial charge in [-0.1, -0.05) is 91.0 Å². The van der Waals surface area contributed by atoms with Gasteiger partial charge in [-0.3, -0.25) is 9.59 Å². The lowest BCUT2D eigenvalue weighted by Crippen LogP contribution is -2.50. The van der Waals surface area contributed by atoms with Crippen LogP contribution < -0.4 is 15.9 Å². The predicted molar refractivity (Wildman–Crippen MR) is 119 cm³/mol. The number of carbonyl (C=O) groups excluding carboxylic acids is 2. The van der Waals surface area contributed by atoms with E-state index in [1.54, 1.807) is 91.0 Å². The number of rotatable bonds is 3. The zero-order valence-corrected chi connectivity index (χ0v) is 18.1. The van der Waals surface area contributed by atoms with E-state index in [2.05, 4.69) is 0 Å². The van der Waals surface area contributed by atoms with E-state index in [4.69, 9.17) is 0 Å². The monoisotopic (exact) mass is 492 g/mol. The molecule has 0 saturated heterocycles. The average molecular weight is 492 g/mol. The van der Waals surface area contributed by atoms with E-state index < -0.39 is 47.2 Å². The average Bonchev–Trinajstić information content (AvgIpc) is 2.81. The number of carbonyl (C=O) groups is 2. The summed E-state index contributed by atoms with van der Waals surface area (Å²) in [5.74, 6) is -3.06. The van der Waals surface area contributed by atoms with Gasteiger partial charge in [-0.15, -0.1) is 0 Å². The van der Waals surface area contributed by atoms with Crippen LogP contribution in [-0.2, 0) is 9.59 Å². The molecule has 0 heterocycles. The van der Waals surface area contributed by atoms with Crippen molar-refractivity contribution < 1.29 is 35.9 Å². The number of benzene rings is 3. The highest BCUT2D eigenvalue weighted by molar-refractivity contribution is 7.98. The van der Waals surface area contributed by atoms with Crippen LogP contribution in [-0.4, -0.2) is 29.2 Å². The molecule has 34 heavy (non-hydrogen) atoms. The standard InChI is InChI=1S/C25H15F6O2P/c26-24(27,28)23(25(29,30)31)19-20(32)22(21(19)33)34(16-10-4-1-5-11-16,17-12-6-2-7-13-17)18-14-8-3-9-15-18/h1-15H. The molecule has 0 radical (unpaired) electrons. The summed E-state index contributed by atoms with van der Waals surface area (Å²) in [5, 5.41) is 0.827. The Morgan fingerprint density at radius 1 is 0.529 bits per heavy atom. The van der Waals surface area contributed by atoms with Gasteiger partial charge in [0, 0.05) is 0 Å². The Balaban J connectivity index is 2.20. The highest BCUT2D eigenvalue weighted by Gasteiger charge is 2.60. The maximum absolute atomic E-state index is 13.3. The fourth-order valence-electron chi connectivity index (χ4n) is 4.15.